The van der Waals surface area contributed by atoms with Crippen molar-refractivity contribution in [1.29, 1.82) is 0 Å². The summed E-state index contributed by atoms with van der Waals surface area (Å²) in [5.41, 5.74) is 2.22. The Hall–Kier alpha value is -1.89. The Morgan fingerprint density at radius 2 is 2.05 bits per heavy atom. The Balaban J connectivity index is 1.48. The summed E-state index contributed by atoms with van der Waals surface area (Å²) in [7, 11) is 0. The molecule has 7 nitrogen and oxygen atoms in total. The van der Waals surface area contributed by atoms with Crippen molar-refractivity contribution >= 4 is 11.9 Å². The second-order valence-electron chi connectivity index (χ2n) is 5.49. The highest BCUT2D eigenvalue weighted by molar-refractivity contribution is 6.01. The molecule has 2 fully saturated rings. The van der Waals surface area contributed by atoms with E-state index in [9.17, 15) is 9.59 Å². The van der Waals surface area contributed by atoms with E-state index in [-0.39, 0.29) is 18.5 Å². The highest BCUT2D eigenvalue weighted by atomic mass is 16.2. The molecule has 2 aliphatic heterocycles. The summed E-state index contributed by atoms with van der Waals surface area (Å²) in [4.78, 5) is 26.4. The third-order valence-electron chi connectivity index (χ3n) is 3.91. The van der Waals surface area contributed by atoms with E-state index in [2.05, 4.69) is 33.0 Å². The van der Waals surface area contributed by atoms with Gasteiger partial charge in [-0.2, -0.15) is 5.10 Å². The van der Waals surface area contributed by atoms with E-state index in [0.717, 1.165) is 25.3 Å². The molecule has 2 aliphatic rings. The van der Waals surface area contributed by atoms with E-state index in [1.807, 2.05) is 6.92 Å². The van der Waals surface area contributed by atoms with Gasteiger partial charge >= 0.3 is 6.03 Å². The first-order valence-corrected chi connectivity index (χ1v) is 6.88. The fourth-order valence-corrected chi connectivity index (χ4v) is 2.82. The number of carbonyl (C=O) groups excluding carboxylic acids is 2. The third kappa shape index (κ3) is 2.29. The Kier molecular flexibility index (Phi) is 3.21. The maximum atomic E-state index is 11.4. The van der Waals surface area contributed by atoms with Crippen LogP contribution in [0.25, 0.3) is 0 Å². The predicted octanol–water partition coefficient (Wildman–Crippen LogP) is -0.0916. The number of amides is 3. The Bertz CT molecular complexity index is 531. The van der Waals surface area contributed by atoms with Gasteiger partial charge in [-0.05, 0) is 19.9 Å². The number of likely N-dealkylation sites (tertiary alicyclic amines) is 1. The molecular formula is C13H19N5O2. The van der Waals surface area contributed by atoms with E-state index in [4.69, 9.17) is 0 Å². The van der Waals surface area contributed by atoms with Gasteiger partial charge in [0.2, 0.25) is 5.91 Å². The molecule has 3 heterocycles. The SMILES string of the molecule is Cc1cc(C)n(C2CN(CCN3C(=O)CNC3=O)C2)n1. The van der Waals surface area contributed by atoms with Crippen LogP contribution in [0, 0.1) is 13.8 Å². The lowest BCUT2D eigenvalue weighted by Gasteiger charge is -2.40. The summed E-state index contributed by atoms with van der Waals surface area (Å²) in [6.07, 6.45) is 0. The first-order valence-electron chi connectivity index (χ1n) is 6.88. The second kappa shape index (κ2) is 4.90. The number of imide groups is 1. The van der Waals surface area contributed by atoms with Crippen molar-refractivity contribution in [2.24, 2.45) is 0 Å². The zero-order valence-electron chi connectivity index (χ0n) is 11.8. The molecule has 7 heteroatoms. The van der Waals surface area contributed by atoms with Crippen molar-refractivity contribution in [3.63, 3.8) is 0 Å². The van der Waals surface area contributed by atoms with E-state index in [0.29, 0.717) is 12.6 Å². The molecule has 0 unspecified atom stereocenters. The standard InChI is InChI=1S/C13H19N5O2/c1-9-5-10(2)18(15-9)11-7-16(8-11)3-4-17-12(19)6-14-13(17)20/h5,11H,3-4,6-8H2,1-2H3,(H,14,20). The van der Waals surface area contributed by atoms with Crippen molar-refractivity contribution in [3.05, 3.63) is 17.5 Å². The normalized spacial score (nSPS) is 20.4. The molecule has 0 spiro atoms. The van der Waals surface area contributed by atoms with E-state index in [1.165, 1.54) is 10.6 Å². The minimum absolute atomic E-state index is 0.132. The fourth-order valence-electron chi connectivity index (χ4n) is 2.82. The number of carbonyl (C=O) groups is 2. The van der Waals surface area contributed by atoms with Gasteiger partial charge in [-0.25, -0.2) is 4.79 Å². The largest absolute Gasteiger partial charge is 0.329 e. The predicted molar refractivity (Wildman–Crippen MR) is 72.3 cm³/mol. The maximum absolute atomic E-state index is 11.4. The third-order valence-corrected chi connectivity index (χ3v) is 3.91. The van der Waals surface area contributed by atoms with Gasteiger partial charge in [0.25, 0.3) is 0 Å². The quantitative estimate of drug-likeness (QED) is 0.781. The van der Waals surface area contributed by atoms with Crippen LogP contribution >= 0.6 is 0 Å². The molecule has 0 saturated carbocycles. The molecule has 20 heavy (non-hydrogen) atoms. The molecule has 2 saturated heterocycles. The molecule has 0 atom stereocenters. The fraction of sp³-hybridized carbons (Fsp3) is 0.615. The van der Waals surface area contributed by atoms with Crippen LogP contribution in [0.4, 0.5) is 4.79 Å². The highest BCUT2D eigenvalue weighted by Crippen LogP contribution is 2.22. The number of nitrogens with zero attached hydrogens (tertiary/aromatic N) is 4. The van der Waals surface area contributed by atoms with Crippen molar-refractivity contribution in [3.8, 4) is 0 Å². The Labute approximate surface area is 117 Å². The summed E-state index contributed by atoms with van der Waals surface area (Å²) in [6, 6.07) is 2.22. The molecule has 3 rings (SSSR count). The number of urea groups is 1. The molecule has 0 radical (unpaired) electrons. The lowest BCUT2D eigenvalue weighted by molar-refractivity contribution is -0.125. The molecule has 0 aromatic carbocycles. The van der Waals surface area contributed by atoms with Gasteiger partial charge in [0.15, 0.2) is 0 Å². The van der Waals surface area contributed by atoms with Crippen molar-refractivity contribution < 1.29 is 9.59 Å². The maximum Gasteiger partial charge on any atom is 0.324 e. The van der Waals surface area contributed by atoms with Crippen molar-refractivity contribution in [1.82, 2.24) is 24.9 Å². The van der Waals surface area contributed by atoms with Crippen LogP contribution < -0.4 is 5.32 Å². The van der Waals surface area contributed by atoms with E-state index >= 15 is 0 Å². The van der Waals surface area contributed by atoms with Crippen molar-refractivity contribution in [2.75, 3.05) is 32.7 Å². The molecule has 1 N–H and O–H groups in total. The highest BCUT2D eigenvalue weighted by Gasteiger charge is 2.32. The molecular weight excluding hydrogens is 258 g/mol. The molecule has 108 valence electrons. The van der Waals surface area contributed by atoms with Gasteiger partial charge in [0.1, 0.15) is 0 Å². The van der Waals surface area contributed by atoms with Crippen LogP contribution in [0.15, 0.2) is 6.07 Å². The van der Waals surface area contributed by atoms with E-state index in [1.54, 1.807) is 0 Å². The Morgan fingerprint density at radius 1 is 1.30 bits per heavy atom. The lowest BCUT2D eigenvalue weighted by Crippen LogP contribution is -2.51. The molecule has 0 bridgehead atoms. The van der Waals surface area contributed by atoms with Gasteiger partial charge in [0.05, 0.1) is 18.3 Å². The average Bonchev–Trinajstić information content (AvgIpc) is 2.82. The van der Waals surface area contributed by atoms with E-state index < -0.39 is 0 Å². The number of nitrogens with one attached hydrogen (secondary N) is 1. The zero-order valence-corrected chi connectivity index (χ0v) is 11.8. The minimum atomic E-state index is -0.273. The summed E-state index contributed by atoms with van der Waals surface area (Å²) in [5, 5.41) is 7.02. The number of hydrogen-bond donors (Lipinski definition) is 1. The summed E-state index contributed by atoms with van der Waals surface area (Å²) in [5.74, 6) is -0.134. The van der Waals surface area contributed by atoms with Crippen molar-refractivity contribution in [2.45, 2.75) is 19.9 Å². The van der Waals surface area contributed by atoms with Crippen LogP contribution in [0.5, 0.6) is 0 Å². The van der Waals surface area contributed by atoms with Crippen LogP contribution in [0.2, 0.25) is 0 Å². The first kappa shape index (κ1) is 13.1. The smallest absolute Gasteiger partial charge is 0.324 e. The van der Waals surface area contributed by atoms with Gasteiger partial charge in [0, 0.05) is 31.9 Å². The molecule has 1 aromatic rings. The molecule has 0 aliphatic carbocycles. The summed E-state index contributed by atoms with van der Waals surface area (Å²) in [6.45, 7) is 7.24. The lowest BCUT2D eigenvalue weighted by atomic mass is 10.1. The van der Waals surface area contributed by atoms with Crippen LogP contribution in [0.3, 0.4) is 0 Å². The monoisotopic (exact) mass is 277 g/mol. The number of aryl methyl sites for hydroxylation is 2. The first-order chi connectivity index (χ1) is 9.54. The number of rotatable bonds is 4. The molecule has 3 amide bonds. The van der Waals surface area contributed by atoms with Gasteiger partial charge < -0.3 is 5.32 Å². The summed E-state index contributed by atoms with van der Waals surface area (Å²) < 4.78 is 2.07. The van der Waals surface area contributed by atoms with Gasteiger partial charge in [-0.15, -0.1) is 0 Å². The summed E-state index contributed by atoms with van der Waals surface area (Å²) >= 11 is 0. The average molecular weight is 277 g/mol. The van der Waals surface area contributed by atoms with Crippen LogP contribution in [-0.4, -0.2) is 64.2 Å². The molecule has 1 aromatic heterocycles. The minimum Gasteiger partial charge on any atom is -0.329 e. The van der Waals surface area contributed by atoms with Crippen LogP contribution in [0.1, 0.15) is 17.4 Å². The van der Waals surface area contributed by atoms with Gasteiger partial charge in [-0.1, -0.05) is 0 Å². The number of aromatic nitrogens is 2. The zero-order chi connectivity index (χ0) is 14.3. The number of hydrogen-bond acceptors (Lipinski definition) is 4. The van der Waals surface area contributed by atoms with Crippen LogP contribution in [-0.2, 0) is 4.79 Å². The topological polar surface area (TPSA) is 70.5 Å². The van der Waals surface area contributed by atoms with Gasteiger partial charge in [-0.3, -0.25) is 19.3 Å². The second-order valence-corrected chi connectivity index (χ2v) is 5.49. The Morgan fingerprint density at radius 3 is 2.60 bits per heavy atom.